The molecular formula is C18H17ClF2N2. The van der Waals surface area contributed by atoms with Crippen LogP contribution in [0.1, 0.15) is 18.1 Å². The van der Waals surface area contributed by atoms with Crippen molar-refractivity contribution in [2.24, 2.45) is 4.99 Å². The van der Waals surface area contributed by atoms with Crippen molar-refractivity contribution in [3.8, 4) is 0 Å². The fraction of sp³-hybridized carbons (Fsp3) is 0.167. The minimum Gasteiger partial charge on any atom is -0.339 e. The second-order valence-electron chi connectivity index (χ2n) is 4.96. The maximum atomic E-state index is 14.4. The third-order valence-electron chi connectivity index (χ3n) is 3.48. The van der Waals surface area contributed by atoms with Gasteiger partial charge in [0.25, 0.3) is 0 Å². The molecule has 0 N–H and O–H groups in total. The van der Waals surface area contributed by atoms with Crippen LogP contribution in [0, 0.1) is 18.6 Å². The van der Waals surface area contributed by atoms with Gasteiger partial charge in [0, 0.05) is 23.9 Å². The summed E-state index contributed by atoms with van der Waals surface area (Å²) in [6, 6.07) is 11.5. The normalized spacial score (nSPS) is 11.9. The average molecular weight is 335 g/mol. The monoisotopic (exact) mass is 334 g/mol. The van der Waals surface area contributed by atoms with E-state index < -0.39 is 11.6 Å². The molecule has 0 saturated carbocycles. The zero-order valence-electron chi connectivity index (χ0n) is 13.0. The van der Waals surface area contributed by atoms with Crippen LogP contribution >= 0.6 is 11.6 Å². The summed E-state index contributed by atoms with van der Waals surface area (Å²) in [5.74, 6) is -1.32. The summed E-state index contributed by atoms with van der Waals surface area (Å²) in [6.07, 6.45) is 0. The standard InChI is InChI=1S/C18H17ClF2N2/c1-4-23(14-8-6-5-7-9-14)17(18(19)22-3)16-12(2)10-13(20)11-15(16)21/h5-11H,3-4H2,1-2H3/b18-17-. The van der Waals surface area contributed by atoms with Gasteiger partial charge in [0.15, 0.2) is 5.16 Å². The molecule has 0 aromatic heterocycles. The van der Waals surface area contributed by atoms with Crippen LogP contribution < -0.4 is 4.90 Å². The number of halogens is 3. The summed E-state index contributed by atoms with van der Waals surface area (Å²) in [4.78, 5) is 5.58. The average Bonchev–Trinajstić information content (AvgIpc) is 2.53. The predicted molar refractivity (Wildman–Crippen MR) is 92.9 cm³/mol. The van der Waals surface area contributed by atoms with Crippen molar-refractivity contribution < 1.29 is 8.78 Å². The molecule has 2 rings (SSSR count). The predicted octanol–water partition coefficient (Wildman–Crippen LogP) is 5.37. The summed E-state index contributed by atoms with van der Waals surface area (Å²) in [5, 5.41) is 0.0595. The van der Waals surface area contributed by atoms with Gasteiger partial charge < -0.3 is 4.90 Å². The zero-order chi connectivity index (χ0) is 17.0. The topological polar surface area (TPSA) is 15.6 Å². The first-order valence-electron chi connectivity index (χ1n) is 7.14. The summed E-state index contributed by atoms with van der Waals surface area (Å²) in [5.41, 5.74) is 1.85. The Bertz CT molecular complexity index is 719. The Balaban J connectivity index is 2.71. The first-order valence-corrected chi connectivity index (χ1v) is 7.52. The molecule has 0 aliphatic carbocycles. The van der Waals surface area contributed by atoms with E-state index in [-0.39, 0.29) is 10.7 Å². The number of hydrogen-bond donors (Lipinski definition) is 0. The lowest BCUT2D eigenvalue weighted by atomic mass is 10.0. The molecule has 0 spiro atoms. The first kappa shape index (κ1) is 17.2. The van der Waals surface area contributed by atoms with Gasteiger partial charge in [0.1, 0.15) is 11.6 Å². The molecule has 0 heterocycles. The molecule has 0 bridgehead atoms. The molecule has 0 aliphatic rings. The largest absolute Gasteiger partial charge is 0.339 e. The van der Waals surface area contributed by atoms with Crippen LogP contribution in [-0.2, 0) is 0 Å². The third-order valence-corrected chi connectivity index (χ3v) is 3.78. The Hall–Kier alpha value is -2.20. The van der Waals surface area contributed by atoms with E-state index in [4.69, 9.17) is 11.6 Å². The van der Waals surface area contributed by atoms with Crippen molar-refractivity contribution in [2.45, 2.75) is 13.8 Å². The van der Waals surface area contributed by atoms with E-state index in [0.29, 0.717) is 17.8 Å². The van der Waals surface area contributed by atoms with Crippen molar-refractivity contribution >= 4 is 29.7 Å². The highest BCUT2D eigenvalue weighted by Gasteiger charge is 2.22. The molecule has 0 unspecified atom stereocenters. The van der Waals surface area contributed by atoms with Gasteiger partial charge in [0.05, 0.1) is 5.70 Å². The molecule has 0 saturated heterocycles. The van der Waals surface area contributed by atoms with Crippen molar-refractivity contribution in [1.82, 2.24) is 0 Å². The Kier molecular flexibility index (Phi) is 5.50. The minimum atomic E-state index is -0.686. The molecular weight excluding hydrogens is 318 g/mol. The third kappa shape index (κ3) is 3.59. The van der Waals surface area contributed by atoms with Crippen LogP contribution in [-0.4, -0.2) is 13.3 Å². The lowest BCUT2D eigenvalue weighted by Crippen LogP contribution is -2.23. The smallest absolute Gasteiger partial charge is 0.152 e. The molecule has 0 radical (unpaired) electrons. The molecule has 120 valence electrons. The maximum Gasteiger partial charge on any atom is 0.152 e. The van der Waals surface area contributed by atoms with Crippen molar-refractivity contribution in [2.75, 3.05) is 11.4 Å². The molecule has 0 atom stereocenters. The SMILES string of the molecule is C=N/C(Cl)=C(/c1c(C)cc(F)cc1F)N(CC)c1ccccc1. The minimum absolute atomic E-state index is 0.0595. The van der Waals surface area contributed by atoms with Crippen LogP contribution in [0.3, 0.4) is 0 Å². The number of para-hydroxylation sites is 1. The van der Waals surface area contributed by atoms with Crippen LogP contribution in [0.4, 0.5) is 14.5 Å². The lowest BCUT2D eigenvalue weighted by molar-refractivity contribution is 0.578. The van der Waals surface area contributed by atoms with Gasteiger partial charge in [0.2, 0.25) is 0 Å². The lowest BCUT2D eigenvalue weighted by Gasteiger charge is -2.28. The highest BCUT2D eigenvalue weighted by Crippen LogP contribution is 2.34. The van der Waals surface area contributed by atoms with Crippen LogP contribution in [0.25, 0.3) is 5.70 Å². The van der Waals surface area contributed by atoms with E-state index in [1.54, 1.807) is 6.92 Å². The fourth-order valence-electron chi connectivity index (χ4n) is 2.50. The second kappa shape index (κ2) is 7.38. The number of nitrogens with zero attached hydrogens (tertiary/aromatic N) is 2. The van der Waals surface area contributed by atoms with Crippen molar-refractivity contribution in [1.29, 1.82) is 0 Å². The molecule has 0 fully saturated rings. The van der Waals surface area contributed by atoms with Gasteiger partial charge in [-0.2, -0.15) is 0 Å². The molecule has 2 aromatic carbocycles. The molecule has 2 nitrogen and oxygen atoms in total. The van der Waals surface area contributed by atoms with Gasteiger partial charge in [-0.1, -0.05) is 29.8 Å². The Morgan fingerprint density at radius 1 is 1.22 bits per heavy atom. The van der Waals surface area contributed by atoms with Gasteiger partial charge in [-0.25, -0.2) is 8.78 Å². The number of rotatable bonds is 5. The van der Waals surface area contributed by atoms with E-state index in [1.807, 2.05) is 42.2 Å². The molecule has 23 heavy (non-hydrogen) atoms. The van der Waals surface area contributed by atoms with Crippen molar-refractivity contribution in [3.63, 3.8) is 0 Å². The highest BCUT2D eigenvalue weighted by atomic mass is 35.5. The van der Waals surface area contributed by atoms with Gasteiger partial charge in [-0.15, -0.1) is 0 Å². The van der Waals surface area contributed by atoms with E-state index in [2.05, 4.69) is 11.7 Å². The maximum absolute atomic E-state index is 14.4. The number of aliphatic imine (C=N–C) groups is 1. The van der Waals surface area contributed by atoms with Crippen LogP contribution in [0.2, 0.25) is 0 Å². The fourth-order valence-corrected chi connectivity index (χ4v) is 2.70. The second-order valence-corrected chi connectivity index (χ2v) is 5.31. The molecule has 0 aliphatic heterocycles. The van der Waals surface area contributed by atoms with E-state index >= 15 is 0 Å². The Morgan fingerprint density at radius 2 is 1.87 bits per heavy atom. The highest BCUT2D eigenvalue weighted by molar-refractivity contribution is 6.33. The molecule has 2 aromatic rings. The quantitative estimate of drug-likeness (QED) is 0.530. The Labute approximate surface area is 139 Å². The molecule has 0 amide bonds. The number of aryl methyl sites for hydroxylation is 1. The van der Waals surface area contributed by atoms with Gasteiger partial charge >= 0.3 is 0 Å². The van der Waals surface area contributed by atoms with E-state index in [0.717, 1.165) is 11.8 Å². The van der Waals surface area contributed by atoms with Crippen molar-refractivity contribution in [3.05, 3.63) is 70.4 Å². The summed E-state index contributed by atoms with van der Waals surface area (Å²) < 4.78 is 27.9. The van der Waals surface area contributed by atoms with Gasteiger partial charge in [-0.3, -0.25) is 4.99 Å². The zero-order valence-corrected chi connectivity index (χ0v) is 13.7. The van der Waals surface area contributed by atoms with Crippen LogP contribution in [0.15, 0.2) is 52.6 Å². The number of benzene rings is 2. The number of anilines is 1. The summed E-state index contributed by atoms with van der Waals surface area (Å²) in [7, 11) is 0. The van der Waals surface area contributed by atoms with Gasteiger partial charge in [-0.05, 0) is 44.3 Å². The van der Waals surface area contributed by atoms with E-state index in [1.165, 1.54) is 6.07 Å². The Morgan fingerprint density at radius 3 is 2.39 bits per heavy atom. The van der Waals surface area contributed by atoms with E-state index in [9.17, 15) is 8.78 Å². The summed E-state index contributed by atoms with van der Waals surface area (Å²) >= 11 is 6.22. The van der Waals surface area contributed by atoms with Crippen LogP contribution in [0.5, 0.6) is 0 Å². The first-order chi connectivity index (χ1) is 11.0. The summed E-state index contributed by atoms with van der Waals surface area (Å²) in [6.45, 7) is 7.51. The number of hydrogen-bond acceptors (Lipinski definition) is 2. The molecule has 5 heteroatoms.